The third-order valence-corrected chi connectivity index (χ3v) is 6.19. The molecule has 0 saturated heterocycles. The average molecular weight is 684 g/mol. The van der Waals surface area contributed by atoms with E-state index in [1.807, 2.05) is 24.3 Å². The van der Waals surface area contributed by atoms with E-state index in [1.165, 1.54) is 0 Å². The predicted octanol–water partition coefficient (Wildman–Crippen LogP) is 3.76. The highest BCUT2D eigenvalue weighted by atomic mass is 127. The van der Waals surface area contributed by atoms with Gasteiger partial charge in [-0.2, -0.15) is 0 Å². The number of fused-ring (bicyclic) bond motifs is 2. The number of hydrogen-bond acceptors (Lipinski definition) is 5. The van der Waals surface area contributed by atoms with Crippen molar-refractivity contribution in [1.82, 2.24) is 10.2 Å². The minimum Gasteiger partial charge on any atom is -0.478 e. The zero-order chi connectivity index (χ0) is 24.8. The van der Waals surface area contributed by atoms with Crippen LogP contribution in [-0.4, -0.2) is 45.5 Å². The summed E-state index contributed by atoms with van der Waals surface area (Å²) < 4.78 is 2.05. The lowest BCUT2D eigenvalue weighted by Gasteiger charge is -2.07. The highest BCUT2D eigenvalue weighted by Gasteiger charge is 2.34. The van der Waals surface area contributed by atoms with Crippen molar-refractivity contribution in [3.8, 4) is 0 Å². The Morgan fingerprint density at radius 2 is 1.47 bits per heavy atom. The first-order valence-electron chi connectivity index (χ1n) is 9.84. The maximum Gasteiger partial charge on any atom is 0.335 e. The van der Waals surface area contributed by atoms with Gasteiger partial charge in [0.25, 0.3) is 17.7 Å². The van der Waals surface area contributed by atoms with Gasteiger partial charge in [-0.1, -0.05) is 24.3 Å². The molecule has 0 fully saturated rings. The van der Waals surface area contributed by atoms with Crippen molar-refractivity contribution in [3.63, 3.8) is 0 Å². The number of aromatic carboxylic acids is 1. The molecule has 3 amide bonds. The zero-order valence-corrected chi connectivity index (χ0v) is 21.8. The van der Waals surface area contributed by atoms with Gasteiger partial charge in [0.2, 0.25) is 0 Å². The number of rotatable bonds is 2. The molecule has 0 atom stereocenters. The lowest BCUT2D eigenvalue weighted by molar-refractivity contribution is 0.0488. The van der Waals surface area contributed by atoms with Gasteiger partial charge in [-0.3, -0.25) is 19.3 Å². The third kappa shape index (κ3) is 5.98. The molecule has 34 heavy (non-hydrogen) atoms. The summed E-state index contributed by atoms with van der Waals surface area (Å²) in [4.78, 5) is 45.0. The first kappa shape index (κ1) is 25.8. The Labute approximate surface area is 222 Å². The number of halogens is 2. The number of benzene rings is 3. The standard InChI is InChI=1S/C9H7NO3.C8H6INO.C7H5IO2/c11-5-10-8(12)6-3-1-2-4-7(6)9(10)13;9-6-2-1-5-4-10-8(11)7(5)3-6;8-6-3-1-2-5(4-6)7(9)10/h1-4,11H,5H2;1-3H,4H2,(H,10,11);1-4H,(H,9,10). The van der Waals surface area contributed by atoms with Crippen molar-refractivity contribution in [2.45, 2.75) is 6.54 Å². The van der Waals surface area contributed by atoms with Crippen LogP contribution in [0.1, 0.15) is 47.0 Å². The molecule has 0 radical (unpaired) electrons. The van der Waals surface area contributed by atoms with E-state index in [-0.39, 0.29) is 5.91 Å². The Bertz CT molecular complexity index is 1240. The average Bonchev–Trinajstić information content (AvgIpc) is 3.31. The highest BCUT2D eigenvalue weighted by molar-refractivity contribution is 14.1. The fourth-order valence-electron chi connectivity index (χ4n) is 3.17. The molecule has 0 aliphatic carbocycles. The van der Waals surface area contributed by atoms with Gasteiger partial charge in [0.1, 0.15) is 6.73 Å². The van der Waals surface area contributed by atoms with Crippen molar-refractivity contribution in [2.24, 2.45) is 0 Å². The number of amides is 3. The van der Waals surface area contributed by atoms with Crippen LogP contribution in [0.2, 0.25) is 0 Å². The molecular formula is C24H18I2N2O6. The molecule has 2 heterocycles. The quantitative estimate of drug-likeness (QED) is 0.279. The van der Waals surface area contributed by atoms with E-state index in [2.05, 4.69) is 50.5 Å². The van der Waals surface area contributed by atoms with Gasteiger partial charge >= 0.3 is 5.97 Å². The molecule has 8 nitrogen and oxygen atoms in total. The number of aliphatic hydroxyl groups excluding tert-OH is 1. The van der Waals surface area contributed by atoms with E-state index in [9.17, 15) is 19.2 Å². The number of imide groups is 1. The van der Waals surface area contributed by atoms with Crippen molar-refractivity contribution < 1.29 is 29.4 Å². The summed E-state index contributed by atoms with van der Waals surface area (Å²) in [6, 6.07) is 19.2. The SMILES string of the molecule is O=C(O)c1cccc(I)c1.O=C1NCc2ccc(I)cc21.O=C1c2ccccc2C(=O)N1CO. The summed E-state index contributed by atoms with van der Waals surface area (Å²) in [6.07, 6.45) is 0. The van der Waals surface area contributed by atoms with Crippen LogP contribution in [0.3, 0.4) is 0 Å². The molecule has 2 aliphatic heterocycles. The molecular weight excluding hydrogens is 666 g/mol. The third-order valence-electron chi connectivity index (χ3n) is 4.85. The molecule has 3 aromatic carbocycles. The van der Waals surface area contributed by atoms with Gasteiger partial charge in [-0.25, -0.2) is 4.79 Å². The van der Waals surface area contributed by atoms with Crippen LogP contribution in [0.15, 0.2) is 66.7 Å². The largest absolute Gasteiger partial charge is 0.478 e. The van der Waals surface area contributed by atoms with Crippen LogP contribution >= 0.6 is 45.2 Å². The van der Waals surface area contributed by atoms with Gasteiger partial charge in [0, 0.05) is 19.2 Å². The molecule has 0 aromatic heterocycles. The monoisotopic (exact) mass is 684 g/mol. The number of nitrogens with one attached hydrogen (secondary N) is 1. The first-order valence-corrected chi connectivity index (χ1v) is 12.0. The minimum atomic E-state index is -0.876. The Morgan fingerprint density at radius 3 is 2.00 bits per heavy atom. The highest BCUT2D eigenvalue weighted by Crippen LogP contribution is 2.21. The second kappa shape index (κ2) is 11.5. The summed E-state index contributed by atoms with van der Waals surface area (Å²) >= 11 is 4.28. The van der Waals surface area contributed by atoms with Gasteiger partial charge in [-0.15, -0.1) is 0 Å². The van der Waals surface area contributed by atoms with Crippen LogP contribution in [0, 0.1) is 7.14 Å². The lowest BCUT2D eigenvalue weighted by Crippen LogP contribution is -2.30. The minimum absolute atomic E-state index is 0.0542. The van der Waals surface area contributed by atoms with Crippen LogP contribution in [0.25, 0.3) is 0 Å². The number of carbonyl (C=O) groups excluding carboxylic acids is 3. The second-order valence-electron chi connectivity index (χ2n) is 7.02. The number of aliphatic hydroxyl groups is 1. The molecule has 2 aliphatic rings. The van der Waals surface area contributed by atoms with E-state index in [4.69, 9.17) is 10.2 Å². The summed E-state index contributed by atoms with van der Waals surface area (Å²) in [5.74, 6) is -1.68. The van der Waals surface area contributed by atoms with E-state index in [0.29, 0.717) is 23.2 Å². The van der Waals surface area contributed by atoms with Crippen LogP contribution < -0.4 is 5.32 Å². The normalized spacial score (nSPS) is 13.1. The molecule has 0 bridgehead atoms. The van der Waals surface area contributed by atoms with E-state index in [1.54, 1.807) is 42.5 Å². The molecule has 10 heteroatoms. The fourth-order valence-corrected chi connectivity index (χ4v) is 4.21. The Hall–Kier alpha value is -2.84. The van der Waals surface area contributed by atoms with E-state index in [0.717, 1.165) is 23.2 Å². The van der Waals surface area contributed by atoms with Gasteiger partial charge < -0.3 is 15.5 Å². The Balaban J connectivity index is 0.000000144. The Morgan fingerprint density at radius 1 is 0.853 bits per heavy atom. The maximum absolute atomic E-state index is 11.4. The number of carbonyl (C=O) groups is 4. The number of hydrogen-bond donors (Lipinski definition) is 3. The molecule has 0 saturated carbocycles. The fraction of sp³-hybridized carbons (Fsp3) is 0.0833. The summed E-state index contributed by atoms with van der Waals surface area (Å²) in [5, 5.41) is 20.0. The van der Waals surface area contributed by atoms with Crippen molar-refractivity contribution in [3.05, 3.63) is 102 Å². The smallest absolute Gasteiger partial charge is 0.335 e. The van der Waals surface area contributed by atoms with Crippen molar-refractivity contribution >= 4 is 68.9 Å². The first-order chi connectivity index (χ1) is 16.2. The molecule has 0 unspecified atom stereocenters. The lowest BCUT2D eigenvalue weighted by atomic mass is 10.1. The van der Waals surface area contributed by atoms with Gasteiger partial charge in [-0.05, 0) is 93.2 Å². The van der Waals surface area contributed by atoms with Crippen LogP contribution in [-0.2, 0) is 6.54 Å². The Kier molecular flexibility index (Phi) is 8.74. The number of nitrogens with zero attached hydrogens (tertiary/aromatic N) is 1. The molecule has 0 spiro atoms. The second-order valence-corrected chi connectivity index (χ2v) is 9.52. The zero-order valence-electron chi connectivity index (χ0n) is 17.5. The van der Waals surface area contributed by atoms with Crippen LogP contribution in [0.5, 0.6) is 0 Å². The summed E-state index contributed by atoms with van der Waals surface area (Å²) in [7, 11) is 0. The van der Waals surface area contributed by atoms with E-state index >= 15 is 0 Å². The molecule has 3 N–H and O–H groups in total. The molecule has 174 valence electrons. The van der Waals surface area contributed by atoms with Gasteiger partial charge in [0.05, 0.1) is 16.7 Å². The predicted molar refractivity (Wildman–Crippen MR) is 140 cm³/mol. The van der Waals surface area contributed by atoms with E-state index < -0.39 is 24.5 Å². The number of carboxylic acid groups (broad SMARTS) is 1. The molecule has 5 rings (SSSR count). The summed E-state index contributed by atoms with van der Waals surface area (Å²) in [6.45, 7) is 0.122. The van der Waals surface area contributed by atoms with Crippen LogP contribution in [0.4, 0.5) is 0 Å². The van der Waals surface area contributed by atoms with Crippen molar-refractivity contribution in [1.29, 1.82) is 0 Å². The topological polar surface area (TPSA) is 124 Å². The number of carboxylic acids is 1. The maximum atomic E-state index is 11.4. The van der Waals surface area contributed by atoms with Crippen molar-refractivity contribution in [2.75, 3.05) is 6.73 Å². The van der Waals surface area contributed by atoms with Gasteiger partial charge in [0.15, 0.2) is 0 Å². The molecule has 3 aromatic rings. The summed E-state index contributed by atoms with van der Waals surface area (Å²) in [5.41, 5.74) is 3.00.